The van der Waals surface area contributed by atoms with Gasteiger partial charge >= 0.3 is 0 Å². The summed E-state index contributed by atoms with van der Waals surface area (Å²) in [7, 11) is 0. The fourth-order valence-electron chi connectivity index (χ4n) is 2.85. The van der Waals surface area contributed by atoms with Crippen LogP contribution in [-0.4, -0.2) is 24.1 Å². The predicted octanol–water partition coefficient (Wildman–Crippen LogP) is 3.33. The second kappa shape index (κ2) is 9.82. The fourth-order valence-corrected chi connectivity index (χ4v) is 3.02. The SMILES string of the molecule is N[C@H](C(=O)NC(=O)CNc1ccc(Cl)cc1C(=O)c1ccccc1)c1ccccc1. The summed E-state index contributed by atoms with van der Waals surface area (Å²) in [5, 5.41) is 5.55. The molecule has 2 amide bonds. The van der Waals surface area contributed by atoms with Crippen LogP contribution in [0.5, 0.6) is 0 Å². The van der Waals surface area contributed by atoms with Crippen LogP contribution in [0.15, 0.2) is 78.9 Å². The molecule has 3 aromatic rings. The van der Waals surface area contributed by atoms with E-state index in [1.807, 2.05) is 12.1 Å². The molecule has 0 heterocycles. The Balaban J connectivity index is 1.66. The Kier molecular flexibility index (Phi) is 6.95. The van der Waals surface area contributed by atoms with Crippen LogP contribution in [-0.2, 0) is 9.59 Å². The van der Waals surface area contributed by atoms with Crippen LogP contribution in [0.3, 0.4) is 0 Å². The molecule has 1 atom stereocenters. The maximum Gasteiger partial charge on any atom is 0.248 e. The number of hydrogen-bond donors (Lipinski definition) is 3. The number of nitrogens with two attached hydrogens (primary N) is 1. The molecule has 0 bridgehead atoms. The lowest BCUT2D eigenvalue weighted by atomic mass is 10.0. The second-order valence-electron chi connectivity index (χ2n) is 6.54. The average molecular weight is 422 g/mol. The summed E-state index contributed by atoms with van der Waals surface area (Å²) in [5.74, 6) is -1.41. The van der Waals surface area contributed by atoms with E-state index in [9.17, 15) is 14.4 Å². The van der Waals surface area contributed by atoms with E-state index < -0.39 is 17.9 Å². The van der Waals surface area contributed by atoms with Gasteiger partial charge < -0.3 is 11.1 Å². The number of anilines is 1. The predicted molar refractivity (Wildman–Crippen MR) is 116 cm³/mol. The molecule has 0 spiro atoms. The van der Waals surface area contributed by atoms with Crippen molar-refractivity contribution < 1.29 is 14.4 Å². The van der Waals surface area contributed by atoms with Crippen LogP contribution in [0.25, 0.3) is 0 Å². The number of carbonyl (C=O) groups excluding carboxylic acids is 3. The van der Waals surface area contributed by atoms with E-state index in [0.717, 1.165) is 0 Å². The molecule has 3 aromatic carbocycles. The molecule has 0 fully saturated rings. The van der Waals surface area contributed by atoms with Crippen LogP contribution in [0, 0.1) is 0 Å². The summed E-state index contributed by atoms with van der Waals surface area (Å²) in [5.41, 5.74) is 7.75. The van der Waals surface area contributed by atoms with E-state index >= 15 is 0 Å². The van der Waals surface area contributed by atoms with Crippen molar-refractivity contribution in [2.75, 3.05) is 11.9 Å². The van der Waals surface area contributed by atoms with Crippen molar-refractivity contribution >= 4 is 34.9 Å². The quantitative estimate of drug-likeness (QED) is 0.508. The van der Waals surface area contributed by atoms with Gasteiger partial charge in [-0.3, -0.25) is 19.7 Å². The molecule has 6 nitrogen and oxygen atoms in total. The normalized spacial score (nSPS) is 11.4. The minimum atomic E-state index is -0.957. The van der Waals surface area contributed by atoms with Crippen LogP contribution < -0.4 is 16.4 Å². The Bertz CT molecular complexity index is 1060. The topological polar surface area (TPSA) is 101 Å². The zero-order valence-electron chi connectivity index (χ0n) is 16.0. The highest BCUT2D eigenvalue weighted by molar-refractivity contribution is 6.31. The lowest BCUT2D eigenvalue weighted by molar-refractivity contribution is -0.130. The van der Waals surface area contributed by atoms with Crippen LogP contribution in [0.2, 0.25) is 5.02 Å². The number of amides is 2. The molecule has 30 heavy (non-hydrogen) atoms. The molecule has 0 aliphatic carbocycles. The third-order valence-corrected chi connectivity index (χ3v) is 4.64. The van der Waals surface area contributed by atoms with E-state index in [2.05, 4.69) is 10.6 Å². The first kappa shape index (κ1) is 21.2. The van der Waals surface area contributed by atoms with Gasteiger partial charge in [0.2, 0.25) is 11.8 Å². The molecule has 0 aromatic heterocycles. The average Bonchev–Trinajstić information content (AvgIpc) is 2.78. The maximum absolute atomic E-state index is 12.8. The van der Waals surface area contributed by atoms with E-state index in [-0.39, 0.29) is 12.3 Å². The first-order valence-corrected chi connectivity index (χ1v) is 9.61. The molecular formula is C23H20ClN3O3. The number of benzene rings is 3. The molecule has 7 heteroatoms. The van der Waals surface area contributed by atoms with Crippen LogP contribution in [0.1, 0.15) is 27.5 Å². The highest BCUT2D eigenvalue weighted by Crippen LogP contribution is 2.23. The van der Waals surface area contributed by atoms with Crippen molar-refractivity contribution in [2.45, 2.75) is 6.04 Å². The van der Waals surface area contributed by atoms with Gasteiger partial charge in [-0.15, -0.1) is 0 Å². The van der Waals surface area contributed by atoms with Gasteiger partial charge in [0.05, 0.1) is 6.54 Å². The number of rotatable bonds is 7. The van der Waals surface area contributed by atoms with E-state index in [1.54, 1.807) is 60.7 Å². The number of nitrogens with one attached hydrogen (secondary N) is 2. The maximum atomic E-state index is 12.8. The number of carbonyl (C=O) groups is 3. The number of imide groups is 1. The molecule has 0 unspecified atom stereocenters. The number of ketones is 1. The first-order chi connectivity index (χ1) is 14.5. The minimum absolute atomic E-state index is 0.218. The Morgan fingerprint density at radius 2 is 1.53 bits per heavy atom. The standard InChI is InChI=1S/C23H20ClN3O3/c24-17-11-12-19(18(13-17)22(29)16-9-5-2-6-10-16)26-14-20(28)27-23(30)21(25)15-7-3-1-4-8-15/h1-13,21,26H,14,25H2,(H,27,28,30)/t21-/m0/s1. The Hall–Kier alpha value is -3.48. The van der Waals surface area contributed by atoms with Crippen LogP contribution >= 0.6 is 11.6 Å². The van der Waals surface area contributed by atoms with Gasteiger partial charge in [-0.2, -0.15) is 0 Å². The highest BCUT2D eigenvalue weighted by atomic mass is 35.5. The molecule has 4 N–H and O–H groups in total. The van der Waals surface area contributed by atoms with Gasteiger partial charge in [0.1, 0.15) is 6.04 Å². The number of hydrogen-bond acceptors (Lipinski definition) is 5. The van der Waals surface area contributed by atoms with Crippen molar-refractivity contribution in [1.29, 1.82) is 0 Å². The van der Waals surface area contributed by atoms with Gasteiger partial charge in [-0.25, -0.2) is 0 Å². The van der Waals surface area contributed by atoms with Gasteiger partial charge in [-0.1, -0.05) is 72.3 Å². The molecule has 152 valence electrons. The summed E-state index contributed by atoms with van der Waals surface area (Å²) in [6.07, 6.45) is 0. The fraction of sp³-hybridized carbons (Fsp3) is 0.0870. The summed E-state index contributed by atoms with van der Waals surface area (Å²) in [4.78, 5) is 37.3. The molecular weight excluding hydrogens is 402 g/mol. The van der Waals surface area contributed by atoms with Gasteiger partial charge in [0.15, 0.2) is 5.78 Å². The molecule has 0 saturated heterocycles. The molecule has 0 aliphatic heterocycles. The second-order valence-corrected chi connectivity index (χ2v) is 6.98. The minimum Gasteiger partial charge on any atom is -0.376 e. The molecule has 0 aliphatic rings. The van der Waals surface area contributed by atoms with E-state index in [0.29, 0.717) is 27.4 Å². The summed E-state index contributed by atoms with van der Waals surface area (Å²) in [6, 6.07) is 21.3. The zero-order valence-corrected chi connectivity index (χ0v) is 16.7. The third-order valence-electron chi connectivity index (χ3n) is 4.41. The molecule has 3 rings (SSSR count). The summed E-state index contributed by atoms with van der Waals surface area (Å²) < 4.78 is 0. The summed E-state index contributed by atoms with van der Waals surface area (Å²) in [6.45, 7) is -0.218. The monoisotopic (exact) mass is 421 g/mol. The smallest absolute Gasteiger partial charge is 0.248 e. The Morgan fingerprint density at radius 3 is 2.20 bits per heavy atom. The van der Waals surface area contributed by atoms with Crippen molar-refractivity contribution in [1.82, 2.24) is 5.32 Å². The van der Waals surface area contributed by atoms with Crippen molar-refractivity contribution in [2.24, 2.45) is 5.73 Å². The van der Waals surface area contributed by atoms with E-state index in [4.69, 9.17) is 17.3 Å². The van der Waals surface area contributed by atoms with Gasteiger partial charge in [-0.05, 0) is 23.8 Å². The van der Waals surface area contributed by atoms with Gasteiger partial charge in [0, 0.05) is 21.8 Å². The lowest BCUT2D eigenvalue weighted by Crippen LogP contribution is -2.40. The largest absolute Gasteiger partial charge is 0.376 e. The highest BCUT2D eigenvalue weighted by Gasteiger charge is 2.19. The molecule has 0 radical (unpaired) electrons. The van der Waals surface area contributed by atoms with Crippen LogP contribution in [0.4, 0.5) is 5.69 Å². The van der Waals surface area contributed by atoms with Gasteiger partial charge in [0.25, 0.3) is 0 Å². The Labute approximate surface area is 179 Å². The first-order valence-electron chi connectivity index (χ1n) is 9.23. The van der Waals surface area contributed by atoms with Crippen molar-refractivity contribution in [3.05, 3.63) is 101 Å². The molecule has 0 saturated carbocycles. The van der Waals surface area contributed by atoms with Crippen molar-refractivity contribution in [3.63, 3.8) is 0 Å². The van der Waals surface area contributed by atoms with E-state index in [1.165, 1.54) is 6.07 Å². The third kappa shape index (κ3) is 5.31. The zero-order chi connectivity index (χ0) is 21.5. The van der Waals surface area contributed by atoms with Crippen molar-refractivity contribution in [3.8, 4) is 0 Å². The number of halogens is 1. The summed E-state index contributed by atoms with van der Waals surface area (Å²) >= 11 is 6.06. The lowest BCUT2D eigenvalue weighted by Gasteiger charge is -2.14. The Morgan fingerprint density at radius 1 is 0.900 bits per heavy atom.